The minimum atomic E-state index is -0.181. The van der Waals surface area contributed by atoms with Crippen molar-refractivity contribution in [2.75, 3.05) is 0 Å². The number of rotatable bonds is 2. The van der Waals surface area contributed by atoms with E-state index in [2.05, 4.69) is 13.2 Å². The standard InChI is InChI=1S/C15H11Cl2NO2S.C15H12ClNO2S.2CO2/c1-3-18-7(2)21-14(15(18)20)13-10-4-8(16)5-11(17)9(10)6-12(13)19;1-3-17-8(2)20-14(15(17)19)13-11-7-10(16)5-4-9(11)6-12(13)18;2*2-1-3/h4-5H,2-3,6H2,1H3;4-5,7H,2-3,6H2,1H3;;/b2*14-13-;;. The summed E-state index contributed by atoms with van der Waals surface area (Å²) in [6.07, 6.45) is 1.04. The molecule has 47 heavy (non-hydrogen) atoms. The summed E-state index contributed by atoms with van der Waals surface area (Å²) in [6, 6.07) is 8.68. The summed E-state index contributed by atoms with van der Waals surface area (Å²) < 4.78 is 5.35. The first-order chi connectivity index (χ1) is 22.3. The van der Waals surface area contributed by atoms with Gasteiger partial charge in [0.1, 0.15) is 9.06 Å². The minimum absolute atomic E-state index is 0.0242. The zero-order chi connectivity index (χ0) is 35.2. The Morgan fingerprint density at radius 2 is 1.15 bits per heavy atom. The Hall–Kier alpha value is -4.25. The second-order valence-corrected chi connectivity index (χ2v) is 13.0. The topological polar surface area (TPSA) is 146 Å². The van der Waals surface area contributed by atoms with Gasteiger partial charge in [0.2, 0.25) is 0 Å². The molecule has 2 aromatic heterocycles. The van der Waals surface area contributed by atoms with Gasteiger partial charge in [-0.3, -0.25) is 28.3 Å². The molecule has 0 fully saturated rings. The van der Waals surface area contributed by atoms with Crippen LogP contribution in [0, 0.1) is 0 Å². The van der Waals surface area contributed by atoms with Crippen LogP contribution in [0.4, 0.5) is 0 Å². The summed E-state index contributed by atoms with van der Waals surface area (Å²) >= 11 is 20.7. The monoisotopic (exact) mass is 732 g/mol. The third-order valence-corrected chi connectivity index (χ3v) is 9.89. The Morgan fingerprint density at radius 1 is 0.702 bits per heavy atom. The van der Waals surface area contributed by atoms with Crippen molar-refractivity contribution in [1.82, 2.24) is 9.13 Å². The predicted molar refractivity (Wildman–Crippen MR) is 178 cm³/mol. The molecule has 0 radical (unpaired) electrons. The van der Waals surface area contributed by atoms with Gasteiger partial charge < -0.3 is 0 Å². The second-order valence-electron chi connectivity index (χ2n) is 9.58. The lowest BCUT2D eigenvalue weighted by atomic mass is 10.1. The molecule has 2 heterocycles. The molecular weight excluding hydrogens is 711 g/mol. The Bertz CT molecular complexity index is 2330. The number of carbonyl (C=O) groups excluding carboxylic acids is 6. The van der Waals surface area contributed by atoms with Crippen LogP contribution in [0.15, 0.2) is 39.9 Å². The molecule has 10 nitrogen and oxygen atoms in total. The number of thiazole rings is 2. The second kappa shape index (κ2) is 16.0. The molecule has 0 saturated heterocycles. The van der Waals surface area contributed by atoms with Crippen molar-refractivity contribution >= 4 is 106 Å². The first kappa shape index (κ1) is 37.2. The van der Waals surface area contributed by atoms with E-state index in [1.165, 1.54) is 22.7 Å². The molecule has 0 saturated carbocycles. The van der Waals surface area contributed by atoms with Gasteiger partial charge in [-0.2, -0.15) is 19.2 Å². The molecule has 2 aliphatic carbocycles. The van der Waals surface area contributed by atoms with Crippen molar-refractivity contribution in [3.8, 4) is 0 Å². The Morgan fingerprint density at radius 3 is 1.62 bits per heavy atom. The Kier molecular flexibility index (Phi) is 12.7. The Labute approximate surface area is 288 Å². The predicted octanol–water partition coefficient (Wildman–Crippen LogP) is 2.12. The molecule has 0 atom stereocenters. The number of nitrogens with zero attached hydrogens (tertiary/aromatic N) is 2. The zero-order valence-corrected chi connectivity index (χ0v) is 28.6. The number of aromatic nitrogens is 2. The van der Waals surface area contributed by atoms with Gasteiger partial charge in [0.25, 0.3) is 11.1 Å². The van der Waals surface area contributed by atoms with E-state index in [9.17, 15) is 19.2 Å². The molecule has 0 amide bonds. The van der Waals surface area contributed by atoms with Crippen LogP contribution in [0.2, 0.25) is 15.1 Å². The third-order valence-electron chi connectivity index (χ3n) is 7.02. The molecule has 0 spiro atoms. The van der Waals surface area contributed by atoms with Crippen LogP contribution in [0.1, 0.15) is 36.1 Å². The number of ketones is 2. The molecular formula is C32H23Cl3N2O8S2. The smallest absolute Gasteiger partial charge is 0.300 e. The highest BCUT2D eigenvalue weighted by molar-refractivity contribution is 7.08. The van der Waals surface area contributed by atoms with Crippen molar-refractivity contribution in [2.24, 2.45) is 0 Å². The maximum atomic E-state index is 12.4. The summed E-state index contributed by atoms with van der Waals surface area (Å²) in [5, 5.41) is 1.48. The van der Waals surface area contributed by atoms with Crippen molar-refractivity contribution in [3.05, 3.63) is 107 Å². The fourth-order valence-corrected chi connectivity index (χ4v) is 8.01. The van der Waals surface area contributed by atoms with Crippen LogP contribution in [-0.2, 0) is 54.7 Å². The molecule has 0 N–H and O–H groups in total. The average Bonchev–Trinajstić information content (AvgIpc) is 3.68. The number of hydrogen-bond acceptors (Lipinski definition) is 10. The van der Waals surface area contributed by atoms with Crippen LogP contribution in [0.25, 0.3) is 24.3 Å². The highest BCUT2D eigenvalue weighted by Crippen LogP contribution is 2.35. The van der Waals surface area contributed by atoms with Gasteiger partial charge >= 0.3 is 12.3 Å². The van der Waals surface area contributed by atoms with E-state index in [1.54, 1.807) is 33.4 Å². The van der Waals surface area contributed by atoms with Gasteiger partial charge in [-0.15, -0.1) is 22.7 Å². The van der Waals surface area contributed by atoms with Crippen molar-refractivity contribution in [3.63, 3.8) is 0 Å². The maximum Gasteiger partial charge on any atom is 0.373 e. The number of halogens is 3. The van der Waals surface area contributed by atoms with Gasteiger partial charge in [-0.25, -0.2) is 0 Å². The minimum Gasteiger partial charge on any atom is -0.300 e. The molecule has 0 unspecified atom stereocenters. The number of benzene rings is 2. The fourth-order valence-electron chi connectivity index (χ4n) is 5.11. The number of carbonyl (C=O) groups is 2. The largest absolute Gasteiger partial charge is 0.373 e. The molecule has 2 aliphatic rings. The summed E-state index contributed by atoms with van der Waals surface area (Å²) in [4.78, 5) is 81.9. The lowest BCUT2D eigenvalue weighted by molar-refractivity contribution is -0.193. The lowest BCUT2D eigenvalue weighted by Gasteiger charge is -2.02. The highest BCUT2D eigenvalue weighted by Gasteiger charge is 2.30. The molecule has 4 aromatic rings. The molecule has 0 bridgehead atoms. The van der Waals surface area contributed by atoms with Crippen molar-refractivity contribution in [1.29, 1.82) is 0 Å². The Balaban J connectivity index is 0.000000219. The molecule has 242 valence electrons. The first-order valence-electron chi connectivity index (χ1n) is 13.5. The van der Waals surface area contributed by atoms with Crippen molar-refractivity contribution in [2.45, 2.75) is 39.8 Å². The lowest BCUT2D eigenvalue weighted by Crippen LogP contribution is -2.32. The molecule has 0 aliphatic heterocycles. The molecule has 15 heteroatoms. The summed E-state index contributed by atoms with van der Waals surface area (Å²) in [5.41, 5.74) is 3.70. The van der Waals surface area contributed by atoms with E-state index in [1.807, 2.05) is 19.9 Å². The number of hydrogen-bond donors (Lipinski definition) is 0. The van der Waals surface area contributed by atoms with Gasteiger partial charge in [-0.1, -0.05) is 54.0 Å². The molecule has 6 rings (SSSR count). The quantitative estimate of drug-likeness (QED) is 0.305. The van der Waals surface area contributed by atoms with E-state index in [0.717, 1.165) is 16.7 Å². The van der Waals surface area contributed by atoms with Crippen LogP contribution in [0.3, 0.4) is 0 Å². The number of fused-ring (bicyclic) bond motifs is 2. The first-order valence-corrected chi connectivity index (χ1v) is 16.2. The SMILES string of the molecule is C=c1s/c(=C2\C(=O)Cc3c(Cl)cc(Cl)cc32)c(=O)n1CC.C=c1s/c(=C2\C(=O)Cc3ccc(Cl)cc32)c(=O)n1CC.O=C=O.O=C=O. The fraction of sp³-hybridized carbons (Fsp3) is 0.188. The van der Waals surface area contributed by atoms with E-state index >= 15 is 0 Å². The summed E-state index contributed by atoms with van der Waals surface area (Å²) in [7, 11) is 0. The van der Waals surface area contributed by atoms with Crippen LogP contribution in [-0.4, -0.2) is 33.0 Å². The summed E-state index contributed by atoms with van der Waals surface area (Å²) in [5.74, 6) is -0.125. The van der Waals surface area contributed by atoms with E-state index in [-0.39, 0.29) is 41.4 Å². The van der Waals surface area contributed by atoms with E-state index < -0.39 is 0 Å². The van der Waals surface area contributed by atoms with Gasteiger partial charge in [0.05, 0.1) is 9.33 Å². The average molecular weight is 734 g/mol. The van der Waals surface area contributed by atoms with Crippen molar-refractivity contribution < 1.29 is 28.8 Å². The summed E-state index contributed by atoms with van der Waals surface area (Å²) in [6.45, 7) is 12.6. The maximum absolute atomic E-state index is 12.4. The van der Waals surface area contributed by atoms with Gasteiger partial charge in [-0.05, 0) is 60.4 Å². The van der Waals surface area contributed by atoms with E-state index in [4.69, 9.17) is 54.0 Å². The normalized spacial score (nSPS) is 14.7. The van der Waals surface area contributed by atoms with Gasteiger partial charge in [0.15, 0.2) is 11.6 Å². The van der Waals surface area contributed by atoms with E-state index in [0.29, 0.717) is 69.7 Å². The van der Waals surface area contributed by atoms with Crippen LogP contribution in [0.5, 0.6) is 0 Å². The third kappa shape index (κ3) is 7.67. The highest BCUT2D eigenvalue weighted by atomic mass is 35.5. The van der Waals surface area contributed by atoms with Crippen LogP contribution < -0.4 is 29.5 Å². The van der Waals surface area contributed by atoms with Crippen LogP contribution >= 0.6 is 57.5 Å². The van der Waals surface area contributed by atoms with Gasteiger partial charge in [0, 0.05) is 52.1 Å². The number of Topliss-reactive ketones (excluding diaryl/α,β-unsaturated/α-hetero) is 2. The zero-order valence-electron chi connectivity index (χ0n) is 24.7. The molecule has 2 aromatic carbocycles.